The van der Waals surface area contributed by atoms with E-state index in [1.165, 1.54) is 31.4 Å². The van der Waals surface area contributed by atoms with E-state index >= 15 is 0 Å². The van der Waals surface area contributed by atoms with Crippen LogP contribution in [0, 0.1) is 10.1 Å². The number of halogens is 2. The molecule has 150 valence electrons. The second-order valence-corrected chi connectivity index (χ2v) is 6.99. The van der Waals surface area contributed by atoms with Gasteiger partial charge in [0.15, 0.2) is 17.2 Å². The minimum Gasteiger partial charge on any atom is -0.493 e. The molecule has 0 amide bonds. The van der Waals surface area contributed by atoms with Gasteiger partial charge in [-0.1, -0.05) is 11.6 Å². The molecule has 1 aliphatic rings. The summed E-state index contributed by atoms with van der Waals surface area (Å²) >= 11 is 9.51. The zero-order valence-electron chi connectivity index (χ0n) is 15.3. The first-order valence-corrected chi connectivity index (χ1v) is 9.48. The molecular weight excluding hydrogens is 468 g/mol. The van der Waals surface area contributed by atoms with E-state index in [9.17, 15) is 14.9 Å². The Hall–Kier alpha value is -2.91. The zero-order chi connectivity index (χ0) is 21.1. The number of carbonyl (C=O) groups is 1. The van der Waals surface area contributed by atoms with Crippen LogP contribution in [0.4, 0.5) is 5.69 Å². The number of ether oxygens (including phenoxy) is 3. The largest absolute Gasteiger partial charge is 0.493 e. The maximum Gasteiger partial charge on any atom is 0.363 e. The summed E-state index contributed by atoms with van der Waals surface area (Å²) in [5.74, 6) is 0.211. The van der Waals surface area contributed by atoms with E-state index in [0.29, 0.717) is 28.1 Å². The normalized spacial score (nSPS) is 14.6. The maximum atomic E-state index is 12.3. The summed E-state index contributed by atoms with van der Waals surface area (Å²) in [6, 6.07) is 7.23. The minimum absolute atomic E-state index is 0.0145. The van der Waals surface area contributed by atoms with Gasteiger partial charge >= 0.3 is 5.97 Å². The first kappa shape index (κ1) is 20.8. The molecule has 0 bridgehead atoms. The highest BCUT2D eigenvalue weighted by molar-refractivity contribution is 9.10. The summed E-state index contributed by atoms with van der Waals surface area (Å²) in [6.07, 6.45) is 1.50. The van der Waals surface area contributed by atoms with Crippen molar-refractivity contribution in [2.45, 2.75) is 6.92 Å². The maximum absolute atomic E-state index is 12.3. The van der Waals surface area contributed by atoms with Crippen molar-refractivity contribution in [1.82, 2.24) is 0 Å². The number of benzene rings is 2. The zero-order valence-corrected chi connectivity index (χ0v) is 17.6. The fraction of sp³-hybridized carbons (Fsp3) is 0.158. The predicted octanol–water partition coefficient (Wildman–Crippen LogP) is 4.76. The Labute approximate surface area is 179 Å². The first-order valence-electron chi connectivity index (χ1n) is 8.31. The van der Waals surface area contributed by atoms with Gasteiger partial charge in [0, 0.05) is 12.1 Å². The van der Waals surface area contributed by atoms with Crippen LogP contribution >= 0.6 is 27.5 Å². The quantitative estimate of drug-likeness (QED) is 0.255. The lowest BCUT2D eigenvalue weighted by Gasteiger charge is -2.12. The number of hydrogen-bond acceptors (Lipinski definition) is 7. The molecule has 1 heterocycles. The van der Waals surface area contributed by atoms with Crippen molar-refractivity contribution in [2.75, 3.05) is 13.7 Å². The van der Waals surface area contributed by atoms with Crippen LogP contribution in [0.25, 0.3) is 6.08 Å². The monoisotopic (exact) mass is 480 g/mol. The molecule has 0 fully saturated rings. The van der Waals surface area contributed by atoms with Crippen molar-refractivity contribution in [2.24, 2.45) is 4.99 Å². The van der Waals surface area contributed by atoms with E-state index in [4.69, 9.17) is 25.8 Å². The lowest BCUT2D eigenvalue weighted by molar-refractivity contribution is -0.384. The SMILES string of the molecule is CCOc1c(Br)cc(/C=C2\N=C(c3cc([N+](=O)[O-])ccc3Cl)OC2=O)cc1OC. The predicted molar refractivity (Wildman–Crippen MR) is 111 cm³/mol. The van der Waals surface area contributed by atoms with Gasteiger partial charge in [0.05, 0.1) is 33.7 Å². The van der Waals surface area contributed by atoms with Crippen molar-refractivity contribution in [3.63, 3.8) is 0 Å². The van der Waals surface area contributed by atoms with E-state index < -0.39 is 10.9 Å². The van der Waals surface area contributed by atoms with Crippen LogP contribution in [0.2, 0.25) is 5.02 Å². The van der Waals surface area contributed by atoms with Gasteiger partial charge in [-0.2, -0.15) is 0 Å². The van der Waals surface area contributed by atoms with Gasteiger partial charge in [-0.3, -0.25) is 10.1 Å². The van der Waals surface area contributed by atoms with Crippen LogP contribution < -0.4 is 9.47 Å². The highest BCUT2D eigenvalue weighted by Gasteiger charge is 2.27. The number of aliphatic imine (C=N–C) groups is 1. The average Bonchev–Trinajstić information content (AvgIpc) is 3.04. The summed E-state index contributed by atoms with van der Waals surface area (Å²) in [5, 5.41) is 11.2. The molecule has 0 unspecified atom stereocenters. The van der Waals surface area contributed by atoms with E-state index in [1.807, 2.05) is 6.92 Å². The van der Waals surface area contributed by atoms with E-state index in [0.717, 1.165) is 0 Å². The molecule has 0 aromatic heterocycles. The van der Waals surface area contributed by atoms with Crippen molar-refractivity contribution < 1.29 is 23.9 Å². The minimum atomic E-state index is -0.702. The Morgan fingerprint density at radius 3 is 2.76 bits per heavy atom. The number of carbonyl (C=O) groups excluding carboxylic acids is 1. The lowest BCUT2D eigenvalue weighted by Crippen LogP contribution is -2.06. The standard InChI is InChI=1S/C19H14BrClN2O6/c1-3-28-17-13(20)6-10(8-16(17)27-2)7-15-19(24)29-18(22-15)12-9-11(23(25)26)4-5-14(12)21/h4-9H,3H2,1-2H3/b15-7-. The van der Waals surface area contributed by atoms with Crippen LogP contribution in [0.15, 0.2) is 45.5 Å². The molecule has 29 heavy (non-hydrogen) atoms. The van der Waals surface area contributed by atoms with E-state index in [2.05, 4.69) is 20.9 Å². The summed E-state index contributed by atoms with van der Waals surface area (Å²) in [7, 11) is 1.51. The fourth-order valence-electron chi connectivity index (χ4n) is 2.58. The molecule has 3 rings (SSSR count). The van der Waals surface area contributed by atoms with Crippen LogP contribution in [-0.2, 0) is 9.53 Å². The number of non-ortho nitro benzene ring substituents is 1. The highest BCUT2D eigenvalue weighted by atomic mass is 79.9. The molecule has 0 atom stereocenters. The lowest BCUT2D eigenvalue weighted by atomic mass is 10.1. The number of rotatable bonds is 6. The number of methoxy groups -OCH3 is 1. The Morgan fingerprint density at radius 1 is 1.34 bits per heavy atom. The van der Waals surface area contributed by atoms with Crippen molar-refractivity contribution in [3.8, 4) is 11.5 Å². The Kier molecular flexibility index (Phi) is 6.19. The molecule has 0 aliphatic carbocycles. The van der Waals surface area contributed by atoms with Gasteiger partial charge in [-0.15, -0.1) is 0 Å². The molecular formula is C19H14BrClN2O6. The summed E-state index contributed by atoms with van der Waals surface area (Å²) in [4.78, 5) is 26.8. The molecule has 2 aromatic rings. The molecule has 0 radical (unpaired) electrons. The van der Waals surface area contributed by atoms with Gasteiger partial charge < -0.3 is 14.2 Å². The molecule has 0 N–H and O–H groups in total. The first-order chi connectivity index (χ1) is 13.8. The van der Waals surface area contributed by atoms with Crippen LogP contribution in [0.3, 0.4) is 0 Å². The molecule has 0 saturated carbocycles. The Balaban J connectivity index is 2.01. The molecule has 0 spiro atoms. The third kappa shape index (κ3) is 4.41. The Morgan fingerprint density at radius 2 is 2.10 bits per heavy atom. The van der Waals surface area contributed by atoms with Gasteiger partial charge in [-0.25, -0.2) is 9.79 Å². The third-order valence-corrected chi connectivity index (χ3v) is 4.77. The average molecular weight is 482 g/mol. The fourth-order valence-corrected chi connectivity index (χ4v) is 3.35. The van der Waals surface area contributed by atoms with Crippen LogP contribution in [0.5, 0.6) is 11.5 Å². The number of nitro groups is 1. The van der Waals surface area contributed by atoms with Gasteiger partial charge in [0.2, 0.25) is 5.90 Å². The summed E-state index contributed by atoms with van der Waals surface area (Å²) in [5.41, 5.74) is 0.587. The smallest absolute Gasteiger partial charge is 0.363 e. The van der Waals surface area contributed by atoms with E-state index in [1.54, 1.807) is 12.1 Å². The summed E-state index contributed by atoms with van der Waals surface area (Å²) in [6.45, 7) is 2.31. The second-order valence-electron chi connectivity index (χ2n) is 5.72. The molecule has 8 nitrogen and oxygen atoms in total. The number of nitro benzene ring substituents is 1. The Bertz CT molecular complexity index is 1070. The topological polar surface area (TPSA) is 100 Å². The third-order valence-electron chi connectivity index (χ3n) is 3.86. The molecule has 1 aliphatic heterocycles. The number of esters is 1. The molecule has 10 heteroatoms. The van der Waals surface area contributed by atoms with E-state index in [-0.39, 0.29) is 27.9 Å². The van der Waals surface area contributed by atoms with Crippen molar-refractivity contribution >= 4 is 51.2 Å². The van der Waals surface area contributed by atoms with Gasteiger partial charge in [0.25, 0.3) is 5.69 Å². The van der Waals surface area contributed by atoms with Gasteiger partial charge in [0.1, 0.15) is 0 Å². The van der Waals surface area contributed by atoms with Gasteiger partial charge in [-0.05, 0) is 52.7 Å². The number of cyclic esters (lactones) is 1. The summed E-state index contributed by atoms with van der Waals surface area (Å²) < 4.78 is 16.7. The molecule has 0 saturated heterocycles. The number of hydrogen-bond donors (Lipinski definition) is 0. The molecule has 2 aromatic carbocycles. The van der Waals surface area contributed by atoms with Crippen molar-refractivity contribution in [3.05, 3.63) is 66.8 Å². The van der Waals surface area contributed by atoms with Crippen LogP contribution in [-0.4, -0.2) is 30.5 Å². The highest BCUT2D eigenvalue weighted by Crippen LogP contribution is 2.37. The van der Waals surface area contributed by atoms with Crippen molar-refractivity contribution in [1.29, 1.82) is 0 Å². The van der Waals surface area contributed by atoms with Crippen LogP contribution in [0.1, 0.15) is 18.1 Å². The number of nitrogens with zero attached hydrogens (tertiary/aromatic N) is 2. The second kappa shape index (κ2) is 8.62.